The van der Waals surface area contributed by atoms with Gasteiger partial charge in [0, 0.05) is 25.7 Å². The molecule has 0 saturated carbocycles. The second-order valence-electron chi connectivity index (χ2n) is 7.37. The predicted octanol–water partition coefficient (Wildman–Crippen LogP) is 4.23. The first-order valence-corrected chi connectivity index (χ1v) is 9.92. The molecule has 0 unspecified atom stereocenters. The number of likely N-dealkylation sites (tertiary alicyclic amines) is 1. The average molecular weight is 429 g/mol. The normalized spacial score (nSPS) is 16.5. The van der Waals surface area contributed by atoms with E-state index in [9.17, 15) is 18.4 Å². The van der Waals surface area contributed by atoms with Crippen molar-refractivity contribution in [2.75, 3.05) is 18.4 Å². The summed E-state index contributed by atoms with van der Waals surface area (Å²) < 4.78 is 35.2. The molecule has 4 rings (SSSR count). The number of hydrogen-bond donors (Lipinski definition) is 1. The predicted molar refractivity (Wildman–Crippen MR) is 109 cm³/mol. The number of amides is 2. The summed E-state index contributed by atoms with van der Waals surface area (Å²) in [5.74, 6) is -0.709. The number of fused-ring (bicyclic) bond motifs is 1. The second kappa shape index (κ2) is 8.71. The number of nitrogens with zero attached hydrogens (tertiary/aromatic N) is 2. The highest BCUT2D eigenvalue weighted by atomic mass is 19.3. The van der Waals surface area contributed by atoms with Crippen molar-refractivity contribution in [3.05, 3.63) is 53.9 Å². The lowest BCUT2D eigenvalue weighted by molar-refractivity contribution is -0.121. The van der Waals surface area contributed by atoms with Crippen LogP contribution >= 0.6 is 0 Å². The molecule has 7 nitrogen and oxygen atoms in total. The summed E-state index contributed by atoms with van der Waals surface area (Å²) in [6, 6.07) is 11.1. The van der Waals surface area contributed by atoms with Crippen LogP contribution in [0.25, 0.3) is 11.1 Å². The van der Waals surface area contributed by atoms with Crippen molar-refractivity contribution >= 4 is 28.6 Å². The van der Waals surface area contributed by atoms with Gasteiger partial charge < -0.3 is 19.4 Å². The third kappa shape index (κ3) is 4.65. The van der Waals surface area contributed by atoms with Gasteiger partial charge in [0.15, 0.2) is 11.5 Å². The summed E-state index contributed by atoms with van der Waals surface area (Å²) in [5.41, 5.74) is 1.92. The van der Waals surface area contributed by atoms with Gasteiger partial charge in [0.2, 0.25) is 5.91 Å². The minimum atomic E-state index is -3.03. The molecule has 1 fully saturated rings. The molecule has 2 heterocycles. The number of hydrogen-bond acceptors (Lipinski definition) is 5. The number of nitrogens with one attached hydrogen (secondary N) is 1. The van der Waals surface area contributed by atoms with Gasteiger partial charge >= 0.3 is 6.61 Å². The van der Waals surface area contributed by atoms with Crippen LogP contribution in [0, 0.1) is 12.8 Å². The van der Waals surface area contributed by atoms with Gasteiger partial charge in [-0.25, -0.2) is 4.98 Å². The number of para-hydroxylation sites is 1. The number of alkyl halides is 2. The fourth-order valence-corrected chi connectivity index (χ4v) is 3.75. The number of carbonyl (C=O) groups is 2. The first-order chi connectivity index (χ1) is 14.9. The van der Waals surface area contributed by atoms with Crippen LogP contribution in [0.4, 0.5) is 14.5 Å². The van der Waals surface area contributed by atoms with Gasteiger partial charge in [0.25, 0.3) is 5.91 Å². The van der Waals surface area contributed by atoms with Crippen molar-refractivity contribution in [3.8, 4) is 5.75 Å². The van der Waals surface area contributed by atoms with Crippen molar-refractivity contribution in [2.24, 2.45) is 5.92 Å². The number of benzene rings is 2. The number of piperidine rings is 1. The van der Waals surface area contributed by atoms with Crippen molar-refractivity contribution in [1.82, 2.24) is 9.88 Å². The van der Waals surface area contributed by atoms with E-state index in [1.807, 2.05) is 0 Å². The topological polar surface area (TPSA) is 84.7 Å². The van der Waals surface area contributed by atoms with Crippen LogP contribution in [0.15, 0.2) is 46.9 Å². The lowest BCUT2D eigenvalue weighted by atomic mass is 9.96. The number of ether oxygens (including phenoxy) is 1. The van der Waals surface area contributed by atoms with Crippen molar-refractivity contribution in [3.63, 3.8) is 0 Å². The molecule has 0 spiro atoms. The Labute approximate surface area is 177 Å². The van der Waals surface area contributed by atoms with Gasteiger partial charge in [-0.05, 0) is 43.2 Å². The molecule has 0 radical (unpaired) electrons. The van der Waals surface area contributed by atoms with Crippen molar-refractivity contribution in [1.29, 1.82) is 0 Å². The molecule has 1 aliphatic heterocycles. The standard InChI is InChI=1S/C22H21F2N3O4/c1-13-25-17-11-15(8-9-19(17)30-13)26-20(28)14-5-4-10-27(12-14)21(29)16-6-2-3-7-18(16)31-22(23)24/h2-3,6-9,11,14,22H,4-5,10,12H2,1H3,(H,26,28)/t14-/m0/s1. The minimum absolute atomic E-state index is 0.0516. The molecule has 1 aliphatic rings. The van der Waals surface area contributed by atoms with Crippen molar-refractivity contribution in [2.45, 2.75) is 26.4 Å². The lowest BCUT2D eigenvalue weighted by Gasteiger charge is -2.32. The molecule has 1 aromatic heterocycles. The highest BCUT2D eigenvalue weighted by Gasteiger charge is 2.30. The Kier molecular flexibility index (Phi) is 5.83. The fourth-order valence-electron chi connectivity index (χ4n) is 3.75. The van der Waals surface area contributed by atoms with Crippen LogP contribution in [0.2, 0.25) is 0 Å². The molecule has 9 heteroatoms. The second-order valence-corrected chi connectivity index (χ2v) is 7.37. The van der Waals surface area contributed by atoms with Gasteiger partial charge in [-0.15, -0.1) is 0 Å². The molecule has 3 aromatic rings. The molecule has 1 saturated heterocycles. The Morgan fingerprint density at radius 2 is 2.06 bits per heavy atom. The van der Waals surface area contributed by atoms with E-state index in [-0.39, 0.29) is 23.8 Å². The van der Waals surface area contributed by atoms with E-state index >= 15 is 0 Å². The van der Waals surface area contributed by atoms with Gasteiger partial charge in [0.1, 0.15) is 11.3 Å². The summed E-state index contributed by atoms with van der Waals surface area (Å²) in [6.45, 7) is -0.648. The van der Waals surface area contributed by atoms with Gasteiger partial charge in [0.05, 0.1) is 11.5 Å². The molecule has 0 bridgehead atoms. The summed E-state index contributed by atoms with van der Waals surface area (Å²) in [6.07, 6.45) is 1.25. The lowest BCUT2D eigenvalue weighted by Crippen LogP contribution is -2.43. The molecule has 31 heavy (non-hydrogen) atoms. The largest absolute Gasteiger partial charge is 0.441 e. The molecule has 162 valence electrons. The minimum Gasteiger partial charge on any atom is -0.441 e. The van der Waals surface area contributed by atoms with E-state index in [0.717, 1.165) is 0 Å². The van der Waals surface area contributed by atoms with Crippen LogP contribution in [-0.4, -0.2) is 41.4 Å². The Bertz CT molecular complexity index is 1120. The highest BCUT2D eigenvalue weighted by Crippen LogP contribution is 2.26. The fraction of sp³-hybridized carbons (Fsp3) is 0.318. The number of anilines is 1. The summed E-state index contributed by atoms with van der Waals surface area (Å²) in [5, 5.41) is 2.87. The third-order valence-corrected chi connectivity index (χ3v) is 5.17. The van der Waals surface area contributed by atoms with E-state index in [4.69, 9.17) is 4.42 Å². The van der Waals surface area contributed by atoms with Crippen LogP contribution < -0.4 is 10.1 Å². The van der Waals surface area contributed by atoms with Crippen LogP contribution in [-0.2, 0) is 4.79 Å². The third-order valence-electron chi connectivity index (χ3n) is 5.17. The summed E-state index contributed by atoms with van der Waals surface area (Å²) in [4.78, 5) is 31.5. The molecule has 0 aliphatic carbocycles. The highest BCUT2D eigenvalue weighted by molar-refractivity contribution is 5.98. The quantitative estimate of drug-likeness (QED) is 0.656. The molecular weight excluding hydrogens is 408 g/mol. The Balaban J connectivity index is 1.45. The monoisotopic (exact) mass is 429 g/mol. The molecule has 2 aromatic carbocycles. The van der Waals surface area contributed by atoms with E-state index in [1.165, 1.54) is 23.1 Å². The number of aryl methyl sites for hydroxylation is 1. The first-order valence-electron chi connectivity index (χ1n) is 9.92. The van der Waals surface area contributed by atoms with E-state index in [1.54, 1.807) is 31.2 Å². The average Bonchev–Trinajstić information content (AvgIpc) is 3.12. The van der Waals surface area contributed by atoms with E-state index < -0.39 is 18.4 Å². The Morgan fingerprint density at radius 1 is 1.26 bits per heavy atom. The Morgan fingerprint density at radius 3 is 2.87 bits per heavy atom. The summed E-state index contributed by atoms with van der Waals surface area (Å²) in [7, 11) is 0. The number of halogens is 2. The number of oxazole rings is 1. The molecule has 1 atom stereocenters. The molecule has 1 N–H and O–H groups in total. The molecular formula is C22H21F2N3O4. The van der Waals surface area contributed by atoms with Gasteiger partial charge in [-0.2, -0.15) is 8.78 Å². The molecule has 2 amide bonds. The number of aromatic nitrogens is 1. The maximum atomic E-state index is 12.9. The Hall–Kier alpha value is -3.49. The van der Waals surface area contributed by atoms with Crippen molar-refractivity contribution < 1.29 is 27.5 Å². The zero-order valence-corrected chi connectivity index (χ0v) is 16.8. The first kappa shape index (κ1) is 20.8. The van der Waals surface area contributed by atoms with Crippen LogP contribution in [0.3, 0.4) is 0 Å². The van der Waals surface area contributed by atoms with Gasteiger partial charge in [-0.1, -0.05) is 12.1 Å². The number of carbonyl (C=O) groups excluding carboxylic acids is 2. The number of rotatable bonds is 5. The SMILES string of the molecule is Cc1nc2cc(NC(=O)[C@H]3CCCN(C(=O)c4ccccc4OC(F)F)C3)ccc2o1. The maximum Gasteiger partial charge on any atom is 0.387 e. The van der Waals surface area contributed by atoms with E-state index in [2.05, 4.69) is 15.0 Å². The van der Waals surface area contributed by atoms with E-state index in [0.29, 0.717) is 42.1 Å². The van der Waals surface area contributed by atoms with Crippen LogP contribution in [0.1, 0.15) is 29.1 Å². The van der Waals surface area contributed by atoms with Crippen LogP contribution in [0.5, 0.6) is 5.75 Å². The zero-order valence-electron chi connectivity index (χ0n) is 16.8. The summed E-state index contributed by atoms with van der Waals surface area (Å²) >= 11 is 0. The zero-order chi connectivity index (χ0) is 22.0. The maximum absolute atomic E-state index is 12.9. The van der Waals surface area contributed by atoms with Gasteiger partial charge in [-0.3, -0.25) is 9.59 Å². The smallest absolute Gasteiger partial charge is 0.387 e.